The number of nitrogens with zero attached hydrogens (tertiary/aromatic N) is 1. The van der Waals surface area contributed by atoms with Gasteiger partial charge in [-0.1, -0.05) is 0 Å². The Kier molecular flexibility index (Phi) is 4.05. The lowest BCUT2D eigenvalue weighted by molar-refractivity contribution is -0.160. The van der Waals surface area contributed by atoms with E-state index in [0.717, 1.165) is 0 Å². The summed E-state index contributed by atoms with van der Waals surface area (Å²) in [5, 5.41) is 0. The van der Waals surface area contributed by atoms with Gasteiger partial charge in [-0.15, -0.1) is 0 Å². The Morgan fingerprint density at radius 2 is 1.94 bits per heavy atom. The predicted octanol–water partition coefficient (Wildman–Crippen LogP) is 0.914. The molecule has 1 fully saturated rings. The van der Waals surface area contributed by atoms with Crippen LogP contribution in [-0.4, -0.2) is 41.5 Å². The van der Waals surface area contributed by atoms with Crippen molar-refractivity contribution in [3.8, 4) is 0 Å². The molecule has 0 aromatic rings. The first-order valence-electron chi connectivity index (χ1n) is 6.32. The van der Waals surface area contributed by atoms with Crippen molar-refractivity contribution in [2.75, 3.05) is 13.1 Å². The molecule has 1 rings (SSSR count). The van der Waals surface area contributed by atoms with Gasteiger partial charge in [0.15, 0.2) is 0 Å². The molecule has 0 saturated carbocycles. The average Bonchev–Trinajstić information content (AvgIpc) is 2.58. The minimum atomic E-state index is -0.531. The first kappa shape index (κ1) is 15.0. The van der Waals surface area contributed by atoms with Crippen molar-refractivity contribution in [3.05, 3.63) is 0 Å². The number of hydrogen-bond acceptors (Lipinski definition) is 4. The Morgan fingerprint density at radius 1 is 1.39 bits per heavy atom. The summed E-state index contributed by atoms with van der Waals surface area (Å²) in [5.41, 5.74) is 4.37. The van der Waals surface area contributed by atoms with Crippen molar-refractivity contribution in [1.29, 1.82) is 0 Å². The first-order valence-corrected chi connectivity index (χ1v) is 6.32. The molecule has 0 aromatic carbocycles. The van der Waals surface area contributed by atoms with Gasteiger partial charge in [-0.3, -0.25) is 14.5 Å². The third-order valence-corrected chi connectivity index (χ3v) is 3.39. The topological polar surface area (TPSA) is 72.6 Å². The van der Waals surface area contributed by atoms with E-state index < -0.39 is 11.0 Å². The highest BCUT2D eigenvalue weighted by Gasteiger charge is 2.42. The van der Waals surface area contributed by atoms with Crippen molar-refractivity contribution in [1.82, 2.24) is 4.90 Å². The zero-order chi connectivity index (χ0) is 14.1. The van der Waals surface area contributed by atoms with E-state index in [4.69, 9.17) is 10.5 Å². The molecule has 2 N–H and O–H groups in total. The molecular weight excluding hydrogens is 232 g/mol. The summed E-state index contributed by atoms with van der Waals surface area (Å²) in [7, 11) is 0. The maximum absolute atomic E-state index is 11.9. The summed E-state index contributed by atoms with van der Waals surface area (Å²) in [5.74, 6) is -0.558. The molecule has 5 heteroatoms. The van der Waals surface area contributed by atoms with E-state index >= 15 is 0 Å². The number of amides is 1. The molecule has 2 unspecified atom stereocenters. The molecule has 1 saturated heterocycles. The molecule has 0 aliphatic carbocycles. The van der Waals surface area contributed by atoms with E-state index in [0.29, 0.717) is 19.5 Å². The lowest BCUT2D eigenvalue weighted by Crippen LogP contribution is -2.44. The summed E-state index contributed by atoms with van der Waals surface area (Å²) >= 11 is 0. The van der Waals surface area contributed by atoms with Gasteiger partial charge >= 0.3 is 5.97 Å². The normalized spacial score (nSPS) is 26.9. The highest BCUT2D eigenvalue weighted by Crippen LogP contribution is 2.31. The second kappa shape index (κ2) is 4.88. The van der Waals surface area contributed by atoms with E-state index in [1.807, 2.05) is 32.6 Å². The number of likely N-dealkylation sites (tertiary alicyclic amines) is 1. The van der Waals surface area contributed by atoms with Crippen LogP contribution in [0.5, 0.6) is 0 Å². The van der Waals surface area contributed by atoms with Crippen LogP contribution in [-0.2, 0) is 14.3 Å². The maximum atomic E-state index is 11.9. The van der Waals surface area contributed by atoms with Crippen LogP contribution >= 0.6 is 0 Å². The quantitative estimate of drug-likeness (QED) is 0.762. The fraction of sp³-hybridized carbons (Fsp3) is 0.846. The number of nitrogens with two attached hydrogens (primary N) is 1. The molecule has 1 amide bonds. The van der Waals surface area contributed by atoms with E-state index in [-0.39, 0.29) is 17.9 Å². The van der Waals surface area contributed by atoms with Crippen LogP contribution in [0.2, 0.25) is 0 Å². The third-order valence-electron chi connectivity index (χ3n) is 3.39. The third kappa shape index (κ3) is 3.45. The number of rotatable bonds is 3. The fourth-order valence-electron chi connectivity index (χ4n) is 2.06. The van der Waals surface area contributed by atoms with Crippen LogP contribution in [0, 0.1) is 5.41 Å². The van der Waals surface area contributed by atoms with Crippen LogP contribution < -0.4 is 5.73 Å². The second-order valence-electron chi connectivity index (χ2n) is 6.35. The Balaban J connectivity index is 2.63. The van der Waals surface area contributed by atoms with Crippen molar-refractivity contribution >= 4 is 11.9 Å². The van der Waals surface area contributed by atoms with Gasteiger partial charge in [-0.05, 0) is 41.0 Å². The molecule has 1 aliphatic rings. The average molecular weight is 256 g/mol. The van der Waals surface area contributed by atoms with Gasteiger partial charge in [-0.2, -0.15) is 0 Å². The lowest BCUT2D eigenvalue weighted by atomic mass is 9.89. The van der Waals surface area contributed by atoms with Gasteiger partial charge in [0, 0.05) is 13.1 Å². The van der Waals surface area contributed by atoms with Gasteiger partial charge in [0.05, 0.1) is 5.41 Å². The van der Waals surface area contributed by atoms with E-state index in [1.54, 1.807) is 6.92 Å². The summed E-state index contributed by atoms with van der Waals surface area (Å²) in [6.07, 6.45) is 0.690. The molecule has 0 radical (unpaired) electrons. The van der Waals surface area contributed by atoms with Gasteiger partial charge in [0.1, 0.15) is 11.6 Å². The summed E-state index contributed by atoms with van der Waals surface area (Å²) < 4.78 is 5.34. The lowest BCUT2D eigenvalue weighted by Gasteiger charge is -2.28. The number of carbonyl (C=O) groups excluding carboxylic acids is 2. The smallest absolute Gasteiger partial charge is 0.323 e. The van der Waals surface area contributed by atoms with Gasteiger partial charge in [-0.25, -0.2) is 0 Å². The van der Waals surface area contributed by atoms with Crippen LogP contribution in [0.3, 0.4) is 0 Å². The van der Waals surface area contributed by atoms with E-state index in [2.05, 4.69) is 0 Å². The zero-order valence-corrected chi connectivity index (χ0v) is 11.9. The number of primary amides is 1. The van der Waals surface area contributed by atoms with E-state index in [9.17, 15) is 9.59 Å². The van der Waals surface area contributed by atoms with Crippen molar-refractivity contribution in [2.45, 2.75) is 52.7 Å². The van der Waals surface area contributed by atoms with Crippen molar-refractivity contribution < 1.29 is 14.3 Å². The Hall–Kier alpha value is -1.10. The monoisotopic (exact) mass is 256 g/mol. The molecule has 18 heavy (non-hydrogen) atoms. The molecule has 0 spiro atoms. The second-order valence-corrected chi connectivity index (χ2v) is 6.35. The highest BCUT2D eigenvalue weighted by molar-refractivity contribution is 5.81. The van der Waals surface area contributed by atoms with Crippen molar-refractivity contribution in [2.24, 2.45) is 11.1 Å². The van der Waals surface area contributed by atoms with Crippen LogP contribution in [0.25, 0.3) is 0 Å². The Bertz CT molecular complexity index is 349. The maximum Gasteiger partial charge on any atom is 0.323 e. The number of esters is 1. The molecule has 1 aliphatic heterocycles. The minimum Gasteiger partial charge on any atom is -0.459 e. The minimum absolute atomic E-state index is 0.253. The largest absolute Gasteiger partial charge is 0.459 e. The number of ether oxygens (including phenoxy) is 1. The van der Waals surface area contributed by atoms with Crippen LogP contribution in [0.1, 0.15) is 41.0 Å². The Labute approximate surface area is 109 Å². The van der Waals surface area contributed by atoms with Gasteiger partial charge in [0.25, 0.3) is 0 Å². The van der Waals surface area contributed by atoms with Gasteiger partial charge < -0.3 is 10.5 Å². The molecule has 5 nitrogen and oxygen atoms in total. The van der Waals surface area contributed by atoms with E-state index in [1.165, 1.54) is 0 Å². The van der Waals surface area contributed by atoms with Gasteiger partial charge in [0.2, 0.25) is 5.91 Å². The standard InChI is InChI=1S/C13H24N2O3/c1-9(10(16)18-12(2,3)4)15-7-6-13(5,8-15)11(14)17/h9H,6-8H2,1-5H3,(H2,14,17). The zero-order valence-electron chi connectivity index (χ0n) is 11.9. The molecule has 104 valence electrons. The SMILES string of the molecule is CC(C(=O)OC(C)(C)C)N1CCC(C)(C(N)=O)C1. The molecular formula is C13H24N2O3. The molecule has 0 bridgehead atoms. The fourth-order valence-corrected chi connectivity index (χ4v) is 2.06. The summed E-state index contributed by atoms with van der Waals surface area (Å²) in [4.78, 5) is 25.3. The molecule has 0 aromatic heterocycles. The summed E-state index contributed by atoms with van der Waals surface area (Å²) in [6.45, 7) is 10.4. The molecule has 1 heterocycles. The Morgan fingerprint density at radius 3 is 2.33 bits per heavy atom. The van der Waals surface area contributed by atoms with Crippen molar-refractivity contribution in [3.63, 3.8) is 0 Å². The molecule has 2 atom stereocenters. The predicted molar refractivity (Wildman–Crippen MR) is 68.8 cm³/mol. The van der Waals surface area contributed by atoms with Crippen LogP contribution in [0.15, 0.2) is 0 Å². The first-order chi connectivity index (χ1) is 8.05. The highest BCUT2D eigenvalue weighted by atomic mass is 16.6. The number of hydrogen-bond donors (Lipinski definition) is 1. The number of carbonyl (C=O) groups is 2. The van der Waals surface area contributed by atoms with Crippen LogP contribution in [0.4, 0.5) is 0 Å². The summed E-state index contributed by atoms with van der Waals surface area (Å²) in [6, 6.07) is -0.342.